The van der Waals surface area contributed by atoms with Crippen LogP contribution in [-0.4, -0.2) is 51.2 Å². The molecule has 1 aliphatic rings. The van der Waals surface area contributed by atoms with Gasteiger partial charge in [-0.2, -0.15) is 5.10 Å². The average Bonchev–Trinajstić information content (AvgIpc) is 3.06. The van der Waals surface area contributed by atoms with Gasteiger partial charge in [0.25, 0.3) is 0 Å². The number of H-pyrrole nitrogens is 1. The van der Waals surface area contributed by atoms with Gasteiger partial charge in [-0.1, -0.05) is 6.07 Å². The number of fused-ring (bicyclic) bond motifs is 1. The highest BCUT2D eigenvalue weighted by atomic mass is 19.1. The Bertz CT molecular complexity index is 849. The second-order valence-electron chi connectivity index (χ2n) is 6.56. The monoisotopic (exact) mass is 340 g/mol. The fourth-order valence-electron chi connectivity index (χ4n) is 3.47. The molecule has 7 heteroatoms. The summed E-state index contributed by atoms with van der Waals surface area (Å²) in [6.07, 6.45) is 3.93. The predicted octanol–water partition coefficient (Wildman–Crippen LogP) is 2.59. The average molecular weight is 340 g/mol. The number of hydrogen-bond acceptors (Lipinski definition) is 5. The van der Waals surface area contributed by atoms with E-state index in [2.05, 4.69) is 37.0 Å². The standard InChI is InChI=1S/C18H21FN6/c1-24(12-16-21-15-7-2-6-14(19)18(15)22-16)13-5-4-10-25(11-13)17-8-3-9-20-23-17/h2-3,6-9,13H,4-5,10-12H2,1H3,(H,21,22)/t13-/m1/s1. The van der Waals surface area contributed by atoms with E-state index in [1.165, 1.54) is 6.07 Å². The third-order valence-corrected chi connectivity index (χ3v) is 4.81. The van der Waals surface area contributed by atoms with E-state index < -0.39 is 0 Å². The van der Waals surface area contributed by atoms with Crippen LogP contribution in [0.2, 0.25) is 0 Å². The smallest absolute Gasteiger partial charge is 0.151 e. The molecule has 1 N–H and O–H groups in total. The van der Waals surface area contributed by atoms with E-state index in [0.29, 0.717) is 18.1 Å². The Labute approximate surface area is 145 Å². The fraction of sp³-hybridized carbons (Fsp3) is 0.389. The van der Waals surface area contributed by atoms with Gasteiger partial charge in [0.2, 0.25) is 0 Å². The second kappa shape index (κ2) is 6.76. The zero-order valence-corrected chi connectivity index (χ0v) is 14.2. The van der Waals surface area contributed by atoms with E-state index in [9.17, 15) is 4.39 Å². The number of hydrogen-bond donors (Lipinski definition) is 1. The quantitative estimate of drug-likeness (QED) is 0.791. The third-order valence-electron chi connectivity index (χ3n) is 4.81. The molecule has 0 amide bonds. The lowest BCUT2D eigenvalue weighted by atomic mass is 10.0. The molecule has 2 aromatic heterocycles. The highest BCUT2D eigenvalue weighted by molar-refractivity contribution is 5.75. The van der Waals surface area contributed by atoms with Crippen molar-refractivity contribution in [2.75, 3.05) is 25.0 Å². The van der Waals surface area contributed by atoms with E-state index in [1.54, 1.807) is 12.3 Å². The van der Waals surface area contributed by atoms with Crippen molar-refractivity contribution in [3.8, 4) is 0 Å². The van der Waals surface area contributed by atoms with Crippen molar-refractivity contribution in [2.45, 2.75) is 25.4 Å². The Morgan fingerprint density at radius 1 is 1.32 bits per heavy atom. The highest BCUT2D eigenvalue weighted by Gasteiger charge is 2.24. The fourth-order valence-corrected chi connectivity index (χ4v) is 3.47. The minimum absolute atomic E-state index is 0.283. The molecule has 1 saturated heterocycles. The van der Waals surface area contributed by atoms with Crippen molar-refractivity contribution < 1.29 is 4.39 Å². The molecule has 130 valence electrons. The van der Waals surface area contributed by atoms with Gasteiger partial charge in [0.1, 0.15) is 11.3 Å². The van der Waals surface area contributed by atoms with E-state index in [1.807, 2.05) is 18.2 Å². The number of nitrogens with zero attached hydrogens (tertiary/aromatic N) is 5. The van der Waals surface area contributed by atoms with Crippen LogP contribution >= 0.6 is 0 Å². The number of aromatic nitrogens is 4. The van der Waals surface area contributed by atoms with Gasteiger partial charge >= 0.3 is 0 Å². The molecule has 0 unspecified atom stereocenters. The zero-order chi connectivity index (χ0) is 17.2. The first kappa shape index (κ1) is 16.0. The molecule has 1 atom stereocenters. The van der Waals surface area contributed by atoms with Crippen LogP contribution in [0.4, 0.5) is 10.2 Å². The number of nitrogens with one attached hydrogen (secondary N) is 1. The number of anilines is 1. The summed E-state index contributed by atoms with van der Waals surface area (Å²) in [5.41, 5.74) is 1.16. The van der Waals surface area contributed by atoms with Crippen LogP contribution in [0.25, 0.3) is 11.0 Å². The molecule has 25 heavy (non-hydrogen) atoms. The van der Waals surface area contributed by atoms with Crippen LogP contribution in [0.1, 0.15) is 18.7 Å². The first-order valence-electron chi connectivity index (χ1n) is 8.57. The number of halogens is 1. The molecule has 1 fully saturated rings. The van der Waals surface area contributed by atoms with E-state index in [0.717, 1.165) is 43.1 Å². The number of aromatic amines is 1. The highest BCUT2D eigenvalue weighted by Crippen LogP contribution is 2.21. The molecule has 1 aromatic carbocycles. The van der Waals surface area contributed by atoms with E-state index in [4.69, 9.17) is 0 Å². The molecule has 0 bridgehead atoms. The van der Waals surface area contributed by atoms with Gasteiger partial charge in [-0.05, 0) is 44.2 Å². The molecular formula is C18H21FN6. The number of piperidine rings is 1. The summed E-state index contributed by atoms with van der Waals surface area (Å²) in [5, 5.41) is 8.19. The third kappa shape index (κ3) is 3.32. The van der Waals surface area contributed by atoms with Gasteiger partial charge in [-0.15, -0.1) is 5.10 Å². The summed E-state index contributed by atoms with van der Waals surface area (Å²) in [7, 11) is 2.09. The van der Waals surface area contributed by atoms with E-state index >= 15 is 0 Å². The summed E-state index contributed by atoms with van der Waals surface area (Å²) < 4.78 is 13.8. The largest absolute Gasteiger partial charge is 0.354 e. The van der Waals surface area contributed by atoms with Crippen LogP contribution in [0, 0.1) is 5.82 Å². The molecule has 0 saturated carbocycles. The van der Waals surface area contributed by atoms with Crippen molar-refractivity contribution >= 4 is 16.9 Å². The Hall–Kier alpha value is -2.54. The topological polar surface area (TPSA) is 60.9 Å². The summed E-state index contributed by atoms with van der Waals surface area (Å²) in [6.45, 7) is 2.57. The molecule has 1 aliphatic heterocycles. The van der Waals surface area contributed by atoms with Crippen LogP contribution < -0.4 is 4.90 Å². The predicted molar refractivity (Wildman–Crippen MR) is 94.8 cm³/mol. The molecule has 6 nitrogen and oxygen atoms in total. The van der Waals surface area contributed by atoms with Crippen LogP contribution in [0.15, 0.2) is 36.5 Å². The lowest BCUT2D eigenvalue weighted by Crippen LogP contribution is -2.46. The van der Waals surface area contributed by atoms with Gasteiger partial charge in [0.05, 0.1) is 12.1 Å². The maximum absolute atomic E-state index is 13.8. The number of benzene rings is 1. The van der Waals surface area contributed by atoms with Crippen molar-refractivity contribution in [1.82, 2.24) is 25.1 Å². The maximum atomic E-state index is 13.8. The van der Waals surface area contributed by atoms with Crippen LogP contribution in [0.3, 0.4) is 0 Å². The minimum atomic E-state index is -0.283. The number of para-hydroxylation sites is 1. The number of imidazole rings is 1. The van der Waals surface area contributed by atoms with Gasteiger partial charge in [0, 0.05) is 25.3 Å². The van der Waals surface area contributed by atoms with Gasteiger partial charge < -0.3 is 9.88 Å². The summed E-state index contributed by atoms with van der Waals surface area (Å²) in [5.74, 6) is 1.43. The van der Waals surface area contributed by atoms with Gasteiger partial charge in [-0.25, -0.2) is 9.37 Å². The Morgan fingerprint density at radius 2 is 2.24 bits per heavy atom. The minimum Gasteiger partial charge on any atom is -0.354 e. The summed E-state index contributed by atoms with van der Waals surface area (Å²) in [4.78, 5) is 12.2. The van der Waals surface area contributed by atoms with Gasteiger partial charge in [0.15, 0.2) is 11.6 Å². The Morgan fingerprint density at radius 3 is 3.04 bits per heavy atom. The first-order valence-corrected chi connectivity index (χ1v) is 8.57. The molecule has 4 rings (SSSR count). The molecule has 3 heterocycles. The molecule has 0 radical (unpaired) electrons. The lowest BCUT2D eigenvalue weighted by molar-refractivity contribution is 0.203. The Balaban J connectivity index is 1.46. The van der Waals surface area contributed by atoms with Crippen molar-refractivity contribution in [3.63, 3.8) is 0 Å². The van der Waals surface area contributed by atoms with Crippen molar-refractivity contribution in [3.05, 3.63) is 48.2 Å². The molecular weight excluding hydrogens is 319 g/mol. The SMILES string of the molecule is CN(Cc1nc2c(F)cccc2[nH]1)[C@@H]1CCCN(c2cccnn2)C1. The second-order valence-corrected chi connectivity index (χ2v) is 6.56. The zero-order valence-electron chi connectivity index (χ0n) is 14.2. The number of likely N-dealkylation sites (N-methyl/N-ethyl adjacent to an activating group) is 1. The molecule has 3 aromatic rings. The molecule has 0 spiro atoms. The summed E-state index contributed by atoms with van der Waals surface area (Å²) in [6, 6.07) is 9.30. The molecule has 0 aliphatic carbocycles. The first-order chi connectivity index (χ1) is 12.2. The number of rotatable bonds is 4. The van der Waals surface area contributed by atoms with Crippen LogP contribution in [0.5, 0.6) is 0 Å². The van der Waals surface area contributed by atoms with Crippen molar-refractivity contribution in [1.29, 1.82) is 0 Å². The van der Waals surface area contributed by atoms with E-state index in [-0.39, 0.29) is 5.82 Å². The van der Waals surface area contributed by atoms with Gasteiger partial charge in [-0.3, -0.25) is 4.90 Å². The Kier molecular flexibility index (Phi) is 4.31. The summed E-state index contributed by atoms with van der Waals surface area (Å²) >= 11 is 0. The maximum Gasteiger partial charge on any atom is 0.151 e. The van der Waals surface area contributed by atoms with Crippen molar-refractivity contribution in [2.24, 2.45) is 0 Å². The normalized spacial score (nSPS) is 18.2. The van der Waals surface area contributed by atoms with Crippen LogP contribution in [-0.2, 0) is 6.54 Å². The lowest BCUT2D eigenvalue weighted by Gasteiger charge is -2.37.